The van der Waals surface area contributed by atoms with Crippen molar-refractivity contribution >= 4 is 32.6 Å². The smallest absolute Gasteiger partial charge is 0.227 e. The van der Waals surface area contributed by atoms with E-state index in [4.69, 9.17) is 9.72 Å². The van der Waals surface area contributed by atoms with Gasteiger partial charge in [-0.1, -0.05) is 96.1 Å². The van der Waals surface area contributed by atoms with E-state index in [1.54, 1.807) is 0 Å². The lowest BCUT2D eigenvalue weighted by molar-refractivity contribution is 0.466. The summed E-state index contributed by atoms with van der Waals surface area (Å²) in [7, 11) is 0. The van der Waals surface area contributed by atoms with Gasteiger partial charge in [0.1, 0.15) is 11.6 Å². The van der Waals surface area contributed by atoms with Crippen molar-refractivity contribution in [2.75, 3.05) is 0 Å². The molecule has 0 spiro atoms. The first kappa shape index (κ1) is 27.8. The standard InChI is InChI=1S/C40H37N3O/c1-39(2,3)29-18-20-41-37(25-29)43-35-14-10-9-13-33(35)34-16-15-27(23-36(34)43)28-21-30(40(4,5)6)24-31(22-28)44-38-32-12-8-7-11-26(32)17-19-42-38/h7-25H,1-6H3. The van der Waals surface area contributed by atoms with Crippen LogP contribution in [0.1, 0.15) is 52.7 Å². The van der Waals surface area contributed by atoms with Crippen molar-refractivity contribution in [3.8, 4) is 28.6 Å². The van der Waals surface area contributed by atoms with Crippen LogP contribution in [0, 0.1) is 0 Å². The van der Waals surface area contributed by atoms with Gasteiger partial charge in [0.15, 0.2) is 0 Å². The number of nitrogens with zero attached hydrogens (tertiary/aromatic N) is 3. The zero-order valence-corrected chi connectivity index (χ0v) is 26.2. The molecule has 0 aliphatic carbocycles. The van der Waals surface area contributed by atoms with Crippen LogP contribution in [-0.4, -0.2) is 14.5 Å². The maximum atomic E-state index is 6.54. The Morgan fingerprint density at radius 1 is 0.545 bits per heavy atom. The minimum absolute atomic E-state index is 0.0182. The van der Waals surface area contributed by atoms with Gasteiger partial charge in [-0.05, 0) is 87.0 Å². The second-order valence-electron chi connectivity index (χ2n) is 13.7. The van der Waals surface area contributed by atoms with Gasteiger partial charge < -0.3 is 4.74 Å². The van der Waals surface area contributed by atoms with Crippen molar-refractivity contribution in [1.82, 2.24) is 14.5 Å². The maximum absolute atomic E-state index is 6.54. The summed E-state index contributed by atoms with van der Waals surface area (Å²) in [4.78, 5) is 9.46. The van der Waals surface area contributed by atoms with Gasteiger partial charge in [-0.3, -0.25) is 4.57 Å². The van der Waals surface area contributed by atoms with Crippen molar-refractivity contribution in [3.63, 3.8) is 0 Å². The van der Waals surface area contributed by atoms with E-state index in [2.05, 4.69) is 136 Å². The zero-order valence-electron chi connectivity index (χ0n) is 26.2. The molecule has 4 nitrogen and oxygen atoms in total. The van der Waals surface area contributed by atoms with Gasteiger partial charge in [0, 0.05) is 28.6 Å². The summed E-state index contributed by atoms with van der Waals surface area (Å²) >= 11 is 0. The number of ether oxygens (including phenoxy) is 1. The van der Waals surface area contributed by atoms with E-state index in [-0.39, 0.29) is 10.8 Å². The molecule has 0 aliphatic rings. The van der Waals surface area contributed by atoms with Crippen LogP contribution in [0.15, 0.2) is 116 Å². The molecule has 0 saturated heterocycles. The molecule has 218 valence electrons. The monoisotopic (exact) mass is 575 g/mol. The maximum Gasteiger partial charge on any atom is 0.227 e. The SMILES string of the molecule is CC(C)(C)c1cc(Oc2nccc3ccccc23)cc(-c2ccc3c4ccccc4n(-c4cc(C(C)(C)C)ccn4)c3c2)c1. The van der Waals surface area contributed by atoms with Crippen LogP contribution in [0.4, 0.5) is 0 Å². The Morgan fingerprint density at radius 3 is 2.05 bits per heavy atom. The fourth-order valence-corrected chi connectivity index (χ4v) is 5.95. The van der Waals surface area contributed by atoms with Crippen molar-refractivity contribution in [2.45, 2.75) is 52.4 Å². The molecule has 0 N–H and O–H groups in total. The molecule has 0 bridgehead atoms. The lowest BCUT2D eigenvalue weighted by atomic mass is 9.85. The molecule has 4 aromatic carbocycles. The Labute approximate surface area is 259 Å². The predicted molar refractivity (Wildman–Crippen MR) is 183 cm³/mol. The Hall–Kier alpha value is -4.96. The topological polar surface area (TPSA) is 39.9 Å². The highest BCUT2D eigenvalue weighted by molar-refractivity contribution is 6.10. The minimum Gasteiger partial charge on any atom is -0.438 e. The number of hydrogen-bond acceptors (Lipinski definition) is 3. The van der Waals surface area contributed by atoms with Crippen molar-refractivity contribution in [2.24, 2.45) is 0 Å². The molecular weight excluding hydrogens is 538 g/mol. The molecule has 4 heteroatoms. The molecule has 0 radical (unpaired) electrons. The van der Waals surface area contributed by atoms with Crippen molar-refractivity contribution < 1.29 is 4.74 Å². The molecule has 0 atom stereocenters. The lowest BCUT2D eigenvalue weighted by Gasteiger charge is -2.22. The fraction of sp³-hybridized carbons (Fsp3) is 0.200. The number of benzene rings is 4. The van der Waals surface area contributed by atoms with Gasteiger partial charge in [0.2, 0.25) is 5.88 Å². The summed E-state index contributed by atoms with van der Waals surface area (Å²) in [6.45, 7) is 13.4. The molecule has 7 rings (SSSR count). The van der Waals surface area contributed by atoms with E-state index in [1.807, 2.05) is 30.6 Å². The molecule has 44 heavy (non-hydrogen) atoms. The van der Waals surface area contributed by atoms with Gasteiger partial charge in [0.25, 0.3) is 0 Å². The Balaban J connectivity index is 1.42. The summed E-state index contributed by atoms with van der Waals surface area (Å²) in [5, 5.41) is 4.52. The quantitative estimate of drug-likeness (QED) is 0.210. The molecule has 0 aliphatic heterocycles. The minimum atomic E-state index is -0.0728. The van der Waals surface area contributed by atoms with E-state index < -0.39 is 0 Å². The van der Waals surface area contributed by atoms with Crippen LogP contribution in [-0.2, 0) is 10.8 Å². The largest absolute Gasteiger partial charge is 0.438 e. The van der Waals surface area contributed by atoms with Gasteiger partial charge in [-0.15, -0.1) is 0 Å². The highest BCUT2D eigenvalue weighted by atomic mass is 16.5. The molecule has 3 aromatic heterocycles. The predicted octanol–water partition coefficient (Wildman–Crippen LogP) is 10.8. The van der Waals surface area contributed by atoms with Gasteiger partial charge in [0.05, 0.1) is 11.0 Å². The molecule has 0 saturated carbocycles. The van der Waals surface area contributed by atoms with E-state index in [0.29, 0.717) is 5.88 Å². The average Bonchev–Trinajstić information content (AvgIpc) is 3.34. The summed E-state index contributed by atoms with van der Waals surface area (Å²) < 4.78 is 8.84. The number of para-hydroxylation sites is 1. The molecule has 3 heterocycles. The molecule has 0 unspecified atom stereocenters. The van der Waals surface area contributed by atoms with Crippen molar-refractivity contribution in [3.05, 3.63) is 127 Å². The molecule has 0 fully saturated rings. The number of rotatable bonds is 4. The van der Waals surface area contributed by atoms with E-state index in [9.17, 15) is 0 Å². The number of fused-ring (bicyclic) bond motifs is 4. The third-order valence-electron chi connectivity index (χ3n) is 8.47. The summed E-state index contributed by atoms with van der Waals surface area (Å²) in [6, 6.07) is 36.5. The normalized spacial score (nSPS) is 12.3. The first-order valence-electron chi connectivity index (χ1n) is 15.2. The summed E-state index contributed by atoms with van der Waals surface area (Å²) in [5.74, 6) is 2.31. The third-order valence-corrected chi connectivity index (χ3v) is 8.47. The fourth-order valence-electron chi connectivity index (χ4n) is 5.95. The second-order valence-corrected chi connectivity index (χ2v) is 13.7. The Bertz CT molecular complexity index is 2170. The van der Waals surface area contributed by atoms with Crippen molar-refractivity contribution in [1.29, 1.82) is 0 Å². The highest BCUT2D eigenvalue weighted by Crippen LogP contribution is 2.39. The van der Waals surface area contributed by atoms with Crippen LogP contribution >= 0.6 is 0 Å². The van der Waals surface area contributed by atoms with E-state index in [0.717, 1.165) is 44.5 Å². The van der Waals surface area contributed by atoms with Gasteiger partial charge >= 0.3 is 0 Å². The second kappa shape index (κ2) is 10.3. The van der Waals surface area contributed by atoms with Gasteiger partial charge in [-0.2, -0.15) is 0 Å². The number of hydrogen-bond donors (Lipinski definition) is 0. The average molecular weight is 576 g/mol. The lowest BCUT2D eigenvalue weighted by Crippen LogP contribution is -2.12. The van der Waals surface area contributed by atoms with E-state index >= 15 is 0 Å². The number of pyridine rings is 2. The summed E-state index contributed by atoms with van der Waals surface area (Å²) in [6.07, 6.45) is 3.74. The van der Waals surface area contributed by atoms with Crippen LogP contribution in [0.25, 0.3) is 49.5 Å². The van der Waals surface area contributed by atoms with Gasteiger partial charge in [-0.25, -0.2) is 9.97 Å². The Morgan fingerprint density at radius 2 is 1.25 bits per heavy atom. The molecular formula is C40H37N3O. The Kier molecular flexibility index (Phi) is 6.55. The zero-order chi connectivity index (χ0) is 30.6. The first-order valence-corrected chi connectivity index (χ1v) is 15.2. The third kappa shape index (κ3) is 5.01. The number of aromatic nitrogens is 3. The van der Waals surface area contributed by atoms with Crippen LogP contribution in [0.3, 0.4) is 0 Å². The van der Waals surface area contributed by atoms with E-state index in [1.165, 1.54) is 21.9 Å². The highest BCUT2D eigenvalue weighted by Gasteiger charge is 2.20. The van der Waals surface area contributed by atoms with Crippen LogP contribution in [0.2, 0.25) is 0 Å². The summed E-state index contributed by atoms with van der Waals surface area (Å²) in [5.41, 5.74) is 6.89. The first-order chi connectivity index (χ1) is 21.1. The molecule has 0 amide bonds. The van der Waals surface area contributed by atoms with Crippen LogP contribution in [0.5, 0.6) is 11.6 Å². The molecule has 7 aromatic rings. The van der Waals surface area contributed by atoms with Crippen LogP contribution < -0.4 is 4.74 Å².